The van der Waals surface area contributed by atoms with Gasteiger partial charge in [-0.2, -0.15) is 5.10 Å². The fraction of sp³-hybridized carbons (Fsp3) is 0.571. The van der Waals surface area contributed by atoms with Crippen LogP contribution >= 0.6 is 0 Å². The first-order chi connectivity index (χ1) is 14.8. The molecule has 1 saturated heterocycles. The Bertz CT molecular complexity index is 957. The van der Waals surface area contributed by atoms with Crippen LogP contribution in [0.2, 0.25) is 0 Å². The second-order valence-electron chi connectivity index (χ2n) is 8.27. The van der Waals surface area contributed by atoms with E-state index >= 15 is 0 Å². The zero-order valence-electron chi connectivity index (χ0n) is 18.5. The van der Waals surface area contributed by atoms with Gasteiger partial charge in [-0.3, -0.25) is 10.2 Å². The third-order valence-electron chi connectivity index (χ3n) is 4.68. The number of nitrogens with zero attached hydrogens (tertiary/aromatic N) is 4. The Labute approximate surface area is 181 Å². The highest BCUT2D eigenvalue weighted by Crippen LogP contribution is 2.28. The van der Waals surface area contributed by atoms with E-state index in [1.807, 2.05) is 6.92 Å². The molecule has 0 aliphatic carbocycles. The molecule has 0 aromatic carbocycles. The summed E-state index contributed by atoms with van der Waals surface area (Å²) < 4.78 is 12.5. The molecule has 0 unspecified atom stereocenters. The van der Waals surface area contributed by atoms with E-state index in [9.17, 15) is 4.79 Å². The summed E-state index contributed by atoms with van der Waals surface area (Å²) >= 11 is 0. The van der Waals surface area contributed by atoms with E-state index in [1.54, 1.807) is 37.8 Å². The minimum atomic E-state index is -0.562. The molecule has 0 amide bonds. The number of pyridine rings is 1. The highest BCUT2D eigenvalue weighted by Gasteiger charge is 2.21. The lowest BCUT2D eigenvalue weighted by molar-refractivity contribution is -0.153. The average Bonchev–Trinajstić information content (AvgIpc) is 3.14. The molecule has 1 aliphatic heterocycles. The van der Waals surface area contributed by atoms with Crippen molar-refractivity contribution in [1.29, 1.82) is 5.41 Å². The average molecular weight is 431 g/mol. The minimum Gasteiger partial charge on any atom is -0.460 e. The van der Waals surface area contributed by atoms with Crippen LogP contribution in [0.3, 0.4) is 0 Å². The van der Waals surface area contributed by atoms with Crippen molar-refractivity contribution in [1.82, 2.24) is 14.8 Å². The van der Waals surface area contributed by atoms with Crippen LogP contribution in [0.5, 0.6) is 0 Å². The summed E-state index contributed by atoms with van der Waals surface area (Å²) in [4.78, 5) is 21.5. The molecular weight excluding hydrogens is 400 g/mol. The van der Waals surface area contributed by atoms with E-state index in [0.29, 0.717) is 25.3 Å². The van der Waals surface area contributed by atoms with Crippen molar-refractivity contribution in [2.75, 3.05) is 18.5 Å². The number of anilines is 1. The van der Waals surface area contributed by atoms with Gasteiger partial charge in [0.2, 0.25) is 0 Å². The third-order valence-corrected chi connectivity index (χ3v) is 4.68. The fourth-order valence-corrected chi connectivity index (χ4v) is 3.27. The zero-order chi connectivity index (χ0) is 22.4. The molecule has 1 fully saturated rings. The Balaban J connectivity index is 1.76. The van der Waals surface area contributed by atoms with Crippen molar-refractivity contribution in [3.63, 3.8) is 0 Å². The maximum Gasteiger partial charge on any atom is 0.311 e. The number of esters is 1. The number of ether oxygens (including phenoxy) is 2. The van der Waals surface area contributed by atoms with Gasteiger partial charge in [0, 0.05) is 32.0 Å². The van der Waals surface area contributed by atoms with Crippen LogP contribution in [-0.4, -0.2) is 57.7 Å². The summed E-state index contributed by atoms with van der Waals surface area (Å²) in [5.41, 5.74) is 1.39. The summed E-state index contributed by atoms with van der Waals surface area (Å²) in [5.74, 6) is -0.586. The number of fused-ring (bicyclic) bond motifs is 1. The summed E-state index contributed by atoms with van der Waals surface area (Å²) in [7, 11) is 0. The summed E-state index contributed by atoms with van der Waals surface area (Å²) in [5, 5.41) is 20.9. The zero-order valence-corrected chi connectivity index (χ0v) is 18.5. The highest BCUT2D eigenvalue weighted by molar-refractivity contribution is 6.05. The number of aryl methyl sites for hydroxylation is 1. The number of aromatic nitrogens is 3. The van der Waals surface area contributed by atoms with E-state index in [-0.39, 0.29) is 18.4 Å². The number of carbonyl (C=O) groups is 1. The molecule has 2 aromatic rings. The van der Waals surface area contributed by atoms with Gasteiger partial charge in [0.1, 0.15) is 5.60 Å². The topological polar surface area (TPSA) is 124 Å². The lowest BCUT2D eigenvalue weighted by atomic mass is 10.1. The second-order valence-corrected chi connectivity index (χ2v) is 8.27. The van der Waals surface area contributed by atoms with Gasteiger partial charge in [0.25, 0.3) is 5.90 Å². The van der Waals surface area contributed by atoms with Crippen LogP contribution in [0, 0.1) is 5.41 Å². The SMILES string of the molecule is CCn1ncc2c(NC3CCOCC3)c(C(=N)O/N=C/CC(=O)OC(C)(C)C)cnc21. The normalized spacial score (nSPS) is 15.4. The van der Waals surface area contributed by atoms with Gasteiger partial charge in [-0.05, 0) is 40.5 Å². The largest absolute Gasteiger partial charge is 0.460 e. The predicted octanol–water partition coefficient (Wildman–Crippen LogP) is 3.10. The number of oxime groups is 1. The van der Waals surface area contributed by atoms with Crippen molar-refractivity contribution in [3.05, 3.63) is 18.0 Å². The van der Waals surface area contributed by atoms with Gasteiger partial charge in [0.15, 0.2) is 5.65 Å². The molecule has 0 bridgehead atoms. The first-order valence-electron chi connectivity index (χ1n) is 10.5. The fourth-order valence-electron chi connectivity index (χ4n) is 3.27. The Hall–Kier alpha value is -3.01. The van der Waals surface area contributed by atoms with Crippen LogP contribution in [0.1, 0.15) is 52.5 Å². The Morgan fingerprint density at radius 1 is 1.39 bits per heavy atom. The number of carbonyl (C=O) groups excluding carboxylic acids is 1. The highest BCUT2D eigenvalue weighted by atomic mass is 16.6. The predicted molar refractivity (Wildman–Crippen MR) is 118 cm³/mol. The molecule has 2 N–H and O–H groups in total. The molecule has 10 heteroatoms. The first-order valence-corrected chi connectivity index (χ1v) is 10.5. The lowest BCUT2D eigenvalue weighted by Gasteiger charge is -2.25. The maximum absolute atomic E-state index is 11.8. The van der Waals surface area contributed by atoms with Crippen LogP contribution in [0.15, 0.2) is 17.5 Å². The maximum atomic E-state index is 11.8. The van der Waals surface area contributed by atoms with Gasteiger partial charge >= 0.3 is 5.97 Å². The molecule has 2 aromatic heterocycles. The molecule has 0 saturated carbocycles. The molecule has 10 nitrogen and oxygen atoms in total. The van der Waals surface area contributed by atoms with Crippen molar-refractivity contribution in [2.45, 2.75) is 65.1 Å². The lowest BCUT2D eigenvalue weighted by Crippen LogP contribution is -2.28. The second kappa shape index (κ2) is 9.86. The molecule has 168 valence electrons. The Kier molecular flexibility index (Phi) is 7.21. The summed E-state index contributed by atoms with van der Waals surface area (Å²) in [6, 6.07) is 0.214. The minimum absolute atomic E-state index is 0.0434. The Morgan fingerprint density at radius 3 is 2.81 bits per heavy atom. The third kappa shape index (κ3) is 6.00. The van der Waals surface area contributed by atoms with E-state index in [4.69, 9.17) is 19.7 Å². The molecule has 0 spiro atoms. The number of hydrogen-bond donors (Lipinski definition) is 2. The van der Waals surface area contributed by atoms with E-state index in [1.165, 1.54) is 6.21 Å². The monoisotopic (exact) mass is 430 g/mol. The number of rotatable bonds is 7. The number of hydrogen-bond acceptors (Lipinski definition) is 9. The van der Waals surface area contributed by atoms with E-state index in [0.717, 1.165) is 29.6 Å². The van der Waals surface area contributed by atoms with Gasteiger partial charge in [-0.15, -0.1) is 0 Å². The van der Waals surface area contributed by atoms with Gasteiger partial charge < -0.3 is 19.6 Å². The quantitative estimate of drug-likeness (QED) is 0.299. The first kappa shape index (κ1) is 22.7. The van der Waals surface area contributed by atoms with E-state index in [2.05, 4.69) is 20.6 Å². The molecular formula is C21H30N6O4. The van der Waals surface area contributed by atoms with Crippen molar-refractivity contribution >= 4 is 34.8 Å². The van der Waals surface area contributed by atoms with Crippen molar-refractivity contribution < 1.29 is 19.1 Å². The van der Waals surface area contributed by atoms with Crippen LogP contribution < -0.4 is 5.32 Å². The van der Waals surface area contributed by atoms with Gasteiger partial charge in [0.05, 0.1) is 35.5 Å². The van der Waals surface area contributed by atoms with Crippen molar-refractivity contribution in [3.8, 4) is 0 Å². The molecule has 31 heavy (non-hydrogen) atoms. The van der Waals surface area contributed by atoms with Crippen LogP contribution in [0.4, 0.5) is 5.69 Å². The summed E-state index contributed by atoms with van der Waals surface area (Å²) in [6.45, 7) is 9.46. The Morgan fingerprint density at radius 2 is 2.13 bits per heavy atom. The van der Waals surface area contributed by atoms with Crippen molar-refractivity contribution in [2.24, 2.45) is 5.16 Å². The molecule has 3 heterocycles. The molecule has 1 aliphatic rings. The molecule has 0 radical (unpaired) electrons. The van der Waals surface area contributed by atoms with Crippen LogP contribution in [0.25, 0.3) is 11.0 Å². The van der Waals surface area contributed by atoms with Crippen LogP contribution in [-0.2, 0) is 25.7 Å². The van der Waals surface area contributed by atoms with Gasteiger partial charge in [-0.25, -0.2) is 9.67 Å². The number of nitrogens with one attached hydrogen (secondary N) is 2. The standard InChI is InChI=1S/C21H30N6O4/c1-5-27-20-16(13-24-27)18(26-14-7-10-29-11-8-14)15(12-23-20)19(22)31-25-9-6-17(28)30-21(2,3)4/h9,12-14,22H,5-8,10-11H2,1-4H3,(H,23,26)/b22-19?,25-9+. The summed E-state index contributed by atoms with van der Waals surface area (Å²) in [6.07, 6.45) is 6.31. The molecule has 0 atom stereocenters. The van der Waals surface area contributed by atoms with E-state index < -0.39 is 11.6 Å². The molecule has 3 rings (SSSR count). The smallest absolute Gasteiger partial charge is 0.311 e. The van der Waals surface area contributed by atoms with Gasteiger partial charge in [-0.1, -0.05) is 5.16 Å².